The second-order valence-electron chi connectivity index (χ2n) is 6.07. The summed E-state index contributed by atoms with van der Waals surface area (Å²) in [6.07, 6.45) is 0. The molecular weight excluding hydrogens is 357 g/mol. The van der Waals surface area contributed by atoms with Gasteiger partial charge in [0.1, 0.15) is 11.6 Å². The molecule has 7 nitrogen and oxygen atoms in total. The number of halogens is 1. The number of hydrogen-bond acceptors (Lipinski definition) is 6. The van der Waals surface area contributed by atoms with E-state index >= 15 is 0 Å². The van der Waals surface area contributed by atoms with Gasteiger partial charge in [-0.2, -0.15) is 9.29 Å². The van der Waals surface area contributed by atoms with Crippen LogP contribution in [-0.2, 0) is 10.0 Å². The number of nitrogens with zero attached hydrogens (tertiary/aromatic N) is 4. The molecule has 26 heavy (non-hydrogen) atoms. The molecule has 1 fully saturated rings. The molecule has 1 aromatic carbocycles. The second kappa shape index (κ2) is 7.55. The van der Waals surface area contributed by atoms with Gasteiger partial charge in [-0.05, 0) is 38.1 Å². The zero-order valence-corrected chi connectivity index (χ0v) is 15.6. The van der Waals surface area contributed by atoms with Gasteiger partial charge in [0.2, 0.25) is 16.0 Å². The summed E-state index contributed by atoms with van der Waals surface area (Å²) in [7, 11) is -3.62. The number of nitrogens with one attached hydrogen (secondary N) is 1. The molecule has 0 spiro atoms. The van der Waals surface area contributed by atoms with Crippen molar-refractivity contribution in [1.82, 2.24) is 14.3 Å². The molecule has 2 aromatic rings. The first kappa shape index (κ1) is 18.5. The predicted molar refractivity (Wildman–Crippen MR) is 98.3 cm³/mol. The maximum absolute atomic E-state index is 13.0. The van der Waals surface area contributed by atoms with Crippen molar-refractivity contribution in [3.8, 4) is 0 Å². The van der Waals surface area contributed by atoms with Crippen LogP contribution in [0.5, 0.6) is 0 Å². The highest BCUT2D eigenvalue weighted by atomic mass is 32.2. The van der Waals surface area contributed by atoms with Crippen molar-refractivity contribution in [2.24, 2.45) is 0 Å². The number of benzene rings is 1. The average Bonchev–Trinajstić information content (AvgIpc) is 2.62. The van der Waals surface area contributed by atoms with Gasteiger partial charge in [0, 0.05) is 44.5 Å². The van der Waals surface area contributed by atoms with Crippen molar-refractivity contribution < 1.29 is 12.8 Å². The highest BCUT2D eigenvalue weighted by Crippen LogP contribution is 2.20. The van der Waals surface area contributed by atoms with Crippen LogP contribution in [-0.4, -0.2) is 55.4 Å². The number of rotatable bonds is 5. The Kier molecular flexibility index (Phi) is 5.38. The van der Waals surface area contributed by atoms with Crippen molar-refractivity contribution in [2.75, 3.05) is 42.9 Å². The minimum absolute atomic E-state index is 0.105. The van der Waals surface area contributed by atoms with Crippen LogP contribution < -0.4 is 10.2 Å². The van der Waals surface area contributed by atoms with Gasteiger partial charge in [0.25, 0.3) is 0 Å². The number of aryl methyl sites for hydroxylation is 1. The van der Waals surface area contributed by atoms with Gasteiger partial charge in [-0.3, -0.25) is 0 Å². The molecule has 0 aliphatic carbocycles. The Morgan fingerprint density at radius 2 is 1.77 bits per heavy atom. The van der Waals surface area contributed by atoms with E-state index in [0.717, 1.165) is 30.2 Å². The standard InChI is InChI=1S/C17H22FN5O2S/c1-3-19-16-12-13(2)20-17(21-16)22-8-10-23(11-9-22)26(24,25)15-6-4-14(18)5-7-15/h4-7,12H,3,8-11H2,1-2H3,(H,19,20,21). The largest absolute Gasteiger partial charge is 0.370 e. The molecule has 9 heteroatoms. The fourth-order valence-corrected chi connectivity index (χ4v) is 4.27. The van der Waals surface area contributed by atoms with Gasteiger partial charge < -0.3 is 10.2 Å². The third-order valence-corrected chi connectivity index (χ3v) is 6.09. The summed E-state index contributed by atoms with van der Waals surface area (Å²) < 4.78 is 39.8. The third kappa shape index (κ3) is 3.94. The molecule has 0 radical (unpaired) electrons. The van der Waals surface area contributed by atoms with Crippen LogP contribution in [0.25, 0.3) is 0 Å². The summed E-state index contributed by atoms with van der Waals surface area (Å²) in [6, 6.07) is 6.78. The molecule has 3 rings (SSSR count). The molecule has 1 aliphatic rings. The minimum Gasteiger partial charge on any atom is -0.370 e. The van der Waals surface area contributed by atoms with Crippen molar-refractivity contribution in [1.29, 1.82) is 0 Å². The van der Waals surface area contributed by atoms with Gasteiger partial charge in [-0.1, -0.05) is 0 Å². The monoisotopic (exact) mass is 379 g/mol. The molecule has 2 heterocycles. The molecule has 0 unspecified atom stereocenters. The maximum atomic E-state index is 13.0. The van der Waals surface area contributed by atoms with Gasteiger partial charge in [-0.25, -0.2) is 17.8 Å². The lowest BCUT2D eigenvalue weighted by Gasteiger charge is -2.34. The highest BCUT2D eigenvalue weighted by Gasteiger charge is 2.29. The average molecular weight is 379 g/mol. The Hall–Kier alpha value is -2.26. The summed E-state index contributed by atoms with van der Waals surface area (Å²) in [5, 5.41) is 3.17. The lowest BCUT2D eigenvalue weighted by molar-refractivity contribution is 0.382. The topological polar surface area (TPSA) is 78.4 Å². The van der Waals surface area contributed by atoms with Gasteiger partial charge >= 0.3 is 0 Å². The van der Waals surface area contributed by atoms with E-state index in [1.807, 2.05) is 24.8 Å². The first-order valence-corrected chi connectivity index (χ1v) is 9.94. The molecule has 1 aromatic heterocycles. The second-order valence-corrected chi connectivity index (χ2v) is 8.01. The molecule has 0 amide bonds. The zero-order chi connectivity index (χ0) is 18.7. The SMILES string of the molecule is CCNc1cc(C)nc(N2CCN(S(=O)(=O)c3ccc(F)cc3)CC2)n1. The van der Waals surface area contributed by atoms with Crippen molar-refractivity contribution in [2.45, 2.75) is 18.7 Å². The Balaban J connectivity index is 1.72. The van der Waals surface area contributed by atoms with E-state index in [0.29, 0.717) is 32.1 Å². The molecule has 1 aliphatic heterocycles. The summed E-state index contributed by atoms with van der Waals surface area (Å²) in [5.74, 6) is 0.901. The Labute approximate surface area is 152 Å². The predicted octanol–water partition coefficient (Wildman–Crippen LogP) is 1.87. The number of hydrogen-bond donors (Lipinski definition) is 1. The minimum atomic E-state index is -3.62. The van der Waals surface area contributed by atoms with E-state index in [2.05, 4.69) is 15.3 Å². The first-order valence-electron chi connectivity index (χ1n) is 8.50. The van der Waals surface area contributed by atoms with Crippen molar-refractivity contribution >= 4 is 21.8 Å². The lowest BCUT2D eigenvalue weighted by Crippen LogP contribution is -2.49. The lowest BCUT2D eigenvalue weighted by atomic mass is 10.3. The molecular formula is C17H22FN5O2S. The fraction of sp³-hybridized carbons (Fsp3) is 0.412. The molecule has 140 valence electrons. The highest BCUT2D eigenvalue weighted by molar-refractivity contribution is 7.89. The van der Waals surface area contributed by atoms with E-state index in [1.165, 1.54) is 16.4 Å². The van der Waals surface area contributed by atoms with Crippen LogP contribution in [0, 0.1) is 12.7 Å². The van der Waals surface area contributed by atoms with Crippen molar-refractivity contribution in [3.05, 3.63) is 41.8 Å². The summed E-state index contributed by atoms with van der Waals surface area (Å²) >= 11 is 0. The first-order chi connectivity index (χ1) is 12.4. The van der Waals surface area contributed by atoms with Crippen LogP contribution in [0.15, 0.2) is 35.2 Å². The summed E-state index contributed by atoms with van der Waals surface area (Å²) in [5.41, 5.74) is 0.854. The summed E-state index contributed by atoms with van der Waals surface area (Å²) in [4.78, 5) is 11.0. The van der Waals surface area contributed by atoms with Crippen molar-refractivity contribution in [3.63, 3.8) is 0 Å². The van der Waals surface area contributed by atoms with Crippen LogP contribution in [0.2, 0.25) is 0 Å². The Morgan fingerprint density at radius 3 is 2.38 bits per heavy atom. The number of aromatic nitrogens is 2. The van der Waals surface area contributed by atoms with E-state index < -0.39 is 15.8 Å². The zero-order valence-electron chi connectivity index (χ0n) is 14.8. The maximum Gasteiger partial charge on any atom is 0.243 e. The summed E-state index contributed by atoms with van der Waals surface area (Å²) in [6.45, 7) is 6.31. The molecule has 0 bridgehead atoms. The van der Waals surface area contributed by atoms with Crippen LogP contribution >= 0.6 is 0 Å². The molecule has 1 saturated heterocycles. The number of sulfonamides is 1. The number of piperazine rings is 1. The number of anilines is 2. The Bertz CT molecular complexity index is 865. The van der Waals surface area contributed by atoms with Gasteiger partial charge in [-0.15, -0.1) is 0 Å². The normalized spacial score (nSPS) is 15.9. The fourth-order valence-electron chi connectivity index (χ4n) is 2.85. The third-order valence-electron chi connectivity index (χ3n) is 4.17. The van der Waals surface area contributed by atoms with E-state index in [4.69, 9.17) is 0 Å². The van der Waals surface area contributed by atoms with Gasteiger partial charge in [0.05, 0.1) is 4.90 Å². The molecule has 0 saturated carbocycles. The van der Waals surface area contributed by atoms with E-state index in [1.54, 1.807) is 0 Å². The van der Waals surface area contributed by atoms with E-state index in [-0.39, 0.29) is 4.90 Å². The van der Waals surface area contributed by atoms with Crippen LogP contribution in [0.3, 0.4) is 0 Å². The van der Waals surface area contributed by atoms with Crippen LogP contribution in [0.4, 0.5) is 16.2 Å². The molecule has 1 N–H and O–H groups in total. The van der Waals surface area contributed by atoms with Crippen LogP contribution in [0.1, 0.15) is 12.6 Å². The smallest absolute Gasteiger partial charge is 0.243 e. The van der Waals surface area contributed by atoms with E-state index in [9.17, 15) is 12.8 Å². The Morgan fingerprint density at radius 1 is 1.12 bits per heavy atom. The molecule has 0 atom stereocenters. The quantitative estimate of drug-likeness (QED) is 0.854. The van der Waals surface area contributed by atoms with Gasteiger partial charge in [0.15, 0.2) is 0 Å².